The number of pyridine rings is 1. The van der Waals surface area contributed by atoms with Crippen molar-refractivity contribution in [3.63, 3.8) is 0 Å². The number of carbonyl (C=O) groups excluding carboxylic acids is 1. The number of hydrogen-bond acceptors (Lipinski definition) is 5. The van der Waals surface area contributed by atoms with Crippen LogP contribution in [0.1, 0.15) is 10.4 Å². The molecule has 0 aliphatic carbocycles. The number of phenolic OH excluding ortho intramolecular Hbond substituents is 1. The standard InChI is InChI=1S/C26H22ClN3O4S.ClH/c27-22-4-1-20-16-23(5-2-19(20)15-22)35(33,34)30-13-11-29(12-14-30)26(32)21-3-6-24(25(31)17-21)18-7-9-28-10-8-18;/h1-10,15-17,31H,11-14H2;1H. The van der Waals surface area contributed by atoms with Crippen LogP contribution in [-0.4, -0.2) is 59.8 Å². The number of sulfonamides is 1. The van der Waals surface area contributed by atoms with E-state index in [1.165, 1.54) is 10.4 Å². The average molecular weight is 544 g/mol. The highest BCUT2D eigenvalue weighted by Crippen LogP contribution is 2.30. The molecule has 0 atom stereocenters. The number of piperazine rings is 1. The van der Waals surface area contributed by atoms with Crippen LogP contribution in [0, 0.1) is 0 Å². The zero-order chi connectivity index (χ0) is 24.6. The number of phenols is 1. The van der Waals surface area contributed by atoms with Gasteiger partial charge in [0.2, 0.25) is 10.0 Å². The Hall–Kier alpha value is -3.17. The van der Waals surface area contributed by atoms with E-state index in [9.17, 15) is 18.3 Å². The van der Waals surface area contributed by atoms with Gasteiger partial charge in [-0.15, -0.1) is 12.4 Å². The lowest BCUT2D eigenvalue weighted by atomic mass is 10.0. The van der Waals surface area contributed by atoms with Gasteiger partial charge in [0.1, 0.15) is 5.75 Å². The minimum Gasteiger partial charge on any atom is -0.507 e. The van der Waals surface area contributed by atoms with Crippen LogP contribution in [0.3, 0.4) is 0 Å². The number of fused-ring (bicyclic) bond motifs is 1. The summed E-state index contributed by atoms with van der Waals surface area (Å²) in [7, 11) is -3.70. The summed E-state index contributed by atoms with van der Waals surface area (Å²) in [5.74, 6) is -0.248. The van der Waals surface area contributed by atoms with Gasteiger partial charge in [0.05, 0.1) is 4.90 Å². The number of nitrogens with zero attached hydrogens (tertiary/aromatic N) is 3. The maximum Gasteiger partial charge on any atom is 0.254 e. The molecule has 0 saturated carbocycles. The van der Waals surface area contributed by atoms with Crippen LogP contribution in [0.5, 0.6) is 5.75 Å². The van der Waals surface area contributed by atoms with Crippen molar-refractivity contribution in [2.24, 2.45) is 0 Å². The summed E-state index contributed by atoms with van der Waals surface area (Å²) >= 11 is 6.02. The first-order valence-corrected chi connectivity index (χ1v) is 12.9. The molecular weight excluding hydrogens is 521 g/mol. The van der Waals surface area contributed by atoms with E-state index < -0.39 is 10.0 Å². The number of aromatic nitrogens is 1. The molecule has 186 valence electrons. The van der Waals surface area contributed by atoms with Gasteiger partial charge in [0.15, 0.2) is 0 Å². The Kier molecular flexibility index (Phi) is 7.51. The van der Waals surface area contributed by atoms with Crippen LogP contribution < -0.4 is 0 Å². The molecule has 0 radical (unpaired) electrons. The minimum absolute atomic E-state index is 0. The van der Waals surface area contributed by atoms with Crippen LogP contribution in [0.2, 0.25) is 5.02 Å². The van der Waals surface area contributed by atoms with Crippen molar-refractivity contribution in [1.82, 2.24) is 14.2 Å². The second-order valence-electron chi connectivity index (χ2n) is 8.32. The highest BCUT2D eigenvalue weighted by atomic mass is 35.5. The zero-order valence-electron chi connectivity index (χ0n) is 19.0. The Morgan fingerprint density at radius 3 is 2.22 bits per heavy atom. The molecular formula is C26H23Cl2N3O4S. The third-order valence-corrected chi connectivity index (χ3v) is 8.30. The van der Waals surface area contributed by atoms with Gasteiger partial charge >= 0.3 is 0 Å². The number of hydrogen-bond donors (Lipinski definition) is 1. The fraction of sp³-hybridized carbons (Fsp3) is 0.154. The Balaban J connectivity index is 0.00000304. The SMILES string of the molecule is Cl.O=C(c1ccc(-c2ccncc2)c(O)c1)N1CCN(S(=O)(=O)c2ccc3cc(Cl)ccc3c2)CC1. The summed E-state index contributed by atoms with van der Waals surface area (Å²) in [6.07, 6.45) is 3.27. The summed E-state index contributed by atoms with van der Waals surface area (Å²) in [5.41, 5.74) is 1.76. The summed E-state index contributed by atoms with van der Waals surface area (Å²) in [4.78, 5) is 18.8. The molecule has 1 fully saturated rings. The predicted molar refractivity (Wildman–Crippen MR) is 142 cm³/mol. The number of rotatable bonds is 4. The Morgan fingerprint density at radius 1 is 0.861 bits per heavy atom. The Bertz CT molecular complexity index is 1520. The number of carbonyl (C=O) groups is 1. The maximum atomic E-state index is 13.2. The monoisotopic (exact) mass is 543 g/mol. The van der Waals surface area contributed by atoms with E-state index in [0.717, 1.165) is 16.3 Å². The van der Waals surface area contributed by atoms with Gasteiger partial charge in [-0.3, -0.25) is 9.78 Å². The largest absolute Gasteiger partial charge is 0.507 e. The molecule has 1 saturated heterocycles. The van der Waals surface area contributed by atoms with Gasteiger partial charge in [0.25, 0.3) is 5.91 Å². The van der Waals surface area contributed by atoms with Gasteiger partial charge in [-0.1, -0.05) is 23.7 Å². The first-order chi connectivity index (χ1) is 16.8. The van der Waals surface area contributed by atoms with Gasteiger partial charge in [0, 0.05) is 54.7 Å². The first kappa shape index (κ1) is 25.9. The van der Waals surface area contributed by atoms with Gasteiger partial charge < -0.3 is 10.0 Å². The van der Waals surface area contributed by atoms with Crippen LogP contribution >= 0.6 is 24.0 Å². The lowest BCUT2D eigenvalue weighted by molar-refractivity contribution is 0.0697. The van der Waals surface area contributed by atoms with Crippen molar-refractivity contribution in [3.8, 4) is 16.9 Å². The summed E-state index contributed by atoms with van der Waals surface area (Å²) in [6.45, 7) is 0.893. The molecule has 5 rings (SSSR count). The zero-order valence-corrected chi connectivity index (χ0v) is 21.4. The first-order valence-electron chi connectivity index (χ1n) is 11.0. The second kappa shape index (κ2) is 10.4. The lowest BCUT2D eigenvalue weighted by Crippen LogP contribution is -2.50. The molecule has 0 bridgehead atoms. The second-order valence-corrected chi connectivity index (χ2v) is 10.7. The molecule has 0 spiro atoms. The highest BCUT2D eigenvalue weighted by Gasteiger charge is 2.30. The molecule has 1 aromatic heterocycles. The van der Waals surface area contributed by atoms with Crippen molar-refractivity contribution in [2.45, 2.75) is 4.90 Å². The van der Waals surface area contributed by atoms with E-state index in [0.29, 0.717) is 16.1 Å². The molecule has 1 aliphatic heterocycles. The van der Waals surface area contributed by atoms with E-state index in [-0.39, 0.29) is 55.1 Å². The number of halogens is 2. The van der Waals surface area contributed by atoms with Gasteiger partial charge in [-0.05, 0) is 70.9 Å². The van der Waals surface area contributed by atoms with E-state index in [4.69, 9.17) is 11.6 Å². The molecule has 1 aliphatic rings. The Labute approximate surface area is 220 Å². The molecule has 36 heavy (non-hydrogen) atoms. The molecule has 3 aromatic carbocycles. The molecule has 10 heteroatoms. The van der Waals surface area contributed by atoms with E-state index in [1.54, 1.807) is 78.0 Å². The smallest absolute Gasteiger partial charge is 0.254 e. The molecule has 1 N–H and O–H groups in total. The van der Waals surface area contributed by atoms with Crippen molar-refractivity contribution in [1.29, 1.82) is 0 Å². The van der Waals surface area contributed by atoms with E-state index in [2.05, 4.69) is 4.98 Å². The van der Waals surface area contributed by atoms with E-state index in [1.807, 2.05) is 0 Å². The fourth-order valence-electron chi connectivity index (χ4n) is 4.26. The normalized spacial score (nSPS) is 14.4. The number of amides is 1. The number of benzene rings is 3. The molecule has 0 unspecified atom stereocenters. The van der Waals surface area contributed by atoms with Gasteiger partial charge in [-0.2, -0.15) is 4.31 Å². The predicted octanol–water partition coefficient (Wildman–Crippen LogP) is 4.83. The minimum atomic E-state index is -3.70. The van der Waals surface area contributed by atoms with Crippen LogP contribution in [0.4, 0.5) is 0 Å². The fourth-order valence-corrected chi connectivity index (χ4v) is 5.90. The van der Waals surface area contributed by atoms with Crippen LogP contribution in [0.25, 0.3) is 21.9 Å². The van der Waals surface area contributed by atoms with E-state index >= 15 is 0 Å². The van der Waals surface area contributed by atoms with Crippen LogP contribution in [-0.2, 0) is 10.0 Å². The molecule has 7 nitrogen and oxygen atoms in total. The van der Waals surface area contributed by atoms with Gasteiger partial charge in [-0.25, -0.2) is 8.42 Å². The third kappa shape index (κ3) is 5.03. The molecule has 2 heterocycles. The molecule has 1 amide bonds. The topological polar surface area (TPSA) is 90.8 Å². The van der Waals surface area contributed by atoms with Crippen molar-refractivity contribution >= 4 is 50.7 Å². The summed E-state index contributed by atoms with van der Waals surface area (Å²) in [6, 6.07) is 18.7. The van der Waals surface area contributed by atoms with Crippen molar-refractivity contribution in [3.05, 3.63) is 89.7 Å². The summed E-state index contributed by atoms with van der Waals surface area (Å²) in [5, 5.41) is 12.7. The van der Waals surface area contributed by atoms with Crippen LogP contribution in [0.15, 0.2) is 84.0 Å². The third-order valence-electron chi connectivity index (χ3n) is 6.17. The highest BCUT2D eigenvalue weighted by molar-refractivity contribution is 7.89. The number of aromatic hydroxyl groups is 1. The lowest BCUT2D eigenvalue weighted by Gasteiger charge is -2.34. The van der Waals surface area contributed by atoms with Crippen molar-refractivity contribution in [2.75, 3.05) is 26.2 Å². The average Bonchev–Trinajstić information content (AvgIpc) is 2.88. The quantitative estimate of drug-likeness (QED) is 0.398. The molecule has 4 aromatic rings. The Morgan fingerprint density at radius 2 is 1.53 bits per heavy atom. The maximum absolute atomic E-state index is 13.2. The summed E-state index contributed by atoms with van der Waals surface area (Å²) < 4.78 is 27.8. The van der Waals surface area contributed by atoms with Crippen molar-refractivity contribution < 1.29 is 18.3 Å².